The van der Waals surface area contributed by atoms with Gasteiger partial charge < -0.3 is 10.6 Å². The van der Waals surface area contributed by atoms with Crippen molar-refractivity contribution < 1.29 is 9.59 Å². The summed E-state index contributed by atoms with van der Waals surface area (Å²) in [5.74, 6) is 2.42. The Morgan fingerprint density at radius 1 is 1.08 bits per heavy atom. The summed E-state index contributed by atoms with van der Waals surface area (Å²) in [6, 6.07) is 7.75. The smallest absolute Gasteiger partial charge is 0.243 e. The van der Waals surface area contributed by atoms with Crippen molar-refractivity contribution >= 4 is 29.3 Å². The summed E-state index contributed by atoms with van der Waals surface area (Å²) in [6.07, 6.45) is 10.4. The maximum atomic E-state index is 12.5. The lowest BCUT2D eigenvalue weighted by molar-refractivity contribution is -0.131. The molecule has 0 spiro atoms. The number of anilines is 1. The van der Waals surface area contributed by atoms with Crippen LogP contribution in [0.5, 0.6) is 0 Å². The molecule has 4 fully saturated rings. The topological polar surface area (TPSA) is 58.2 Å². The largest absolute Gasteiger partial charge is 0.347 e. The van der Waals surface area contributed by atoms with E-state index < -0.39 is 0 Å². The molecule has 0 heterocycles. The Morgan fingerprint density at radius 2 is 1.73 bits per heavy atom. The van der Waals surface area contributed by atoms with Crippen molar-refractivity contribution in [1.82, 2.24) is 5.32 Å². The highest BCUT2D eigenvalue weighted by atomic mass is 32.2. The van der Waals surface area contributed by atoms with E-state index in [0.29, 0.717) is 6.42 Å². The second kappa shape index (κ2) is 7.26. The third kappa shape index (κ3) is 3.93. The molecule has 2 N–H and O–H groups in total. The maximum Gasteiger partial charge on any atom is 0.243 e. The van der Waals surface area contributed by atoms with Crippen LogP contribution < -0.4 is 10.6 Å². The molecule has 140 valence electrons. The Kier molecular flexibility index (Phi) is 5.00. The average molecular weight is 373 g/mol. The first-order valence-electron chi connectivity index (χ1n) is 9.74. The van der Waals surface area contributed by atoms with E-state index in [0.717, 1.165) is 28.3 Å². The summed E-state index contributed by atoms with van der Waals surface area (Å²) in [4.78, 5) is 25.7. The van der Waals surface area contributed by atoms with Crippen LogP contribution in [0.25, 0.3) is 0 Å². The van der Waals surface area contributed by atoms with Gasteiger partial charge in [-0.05, 0) is 86.1 Å². The Bertz CT molecular complexity index is 668. The van der Waals surface area contributed by atoms with E-state index in [9.17, 15) is 9.59 Å². The second-order valence-corrected chi connectivity index (χ2v) is 9.53. The van der Waals surface area contributed by atoms with Crippen molar-refractivity contribution in [2.45, 2.75) is 49.8 Å². The van der Waals surface area contributed by atoms with Crippen LogP contribution in [0, 0.1) is 23.2 Å². The predicted molar refractivity (Wildman–Crippen MR) is 105 cm³/mol. The van der Waals surface area contributed by atoms with Crippen LogP contribution in [-0.2, 0) is 9.59 Å². The minimum atomic E-state index is -0.165. The van der Waals surface area contributed by atoms with E-state index in [1.165, 1.54) is 38.5 Å². The van der Waals surface area contributed by atoms with Crippen molar-refractivity contribution in [2.75, 3.05) is 18.1 Å². The molecule has 0 saturated heterocycles. The van der Waals surface area contributed by atoms with Gasteiger partial charge in [-0.2, -0.15) is 0 Å². The predicted octanol–water partition coefficient (Wildman–Crippen LogP) is 4.07. The first kappa shape index (κ1) is 17.9. The molecular formula is C21H28N2O2S. The van der Waals surface area contributed by atoms with Gasteiger partial charge in [0.1, 0.15) is 0 Å². The first-order valence-corrected chi connectivity index (χ1v) is 11.0. The molecule has 1 aromatic carbocycles. The van der Waals surface area contributed by atoms with Gasteiger partial charge in [0.15, 0.2) is 0 Å². The molecule has 4 saturated carbocycles. The monoisotopic (exact) mass is 372 g/mol. The molecule has 1 aromatic rings. The van der Waals surface area contributed by atoms with E-state index in [1.54, 1.807) is 11.8 Å². The minimum Gasteiger partial charge on any atom is -0.347 e. The molecule has 4 aliphatic carbocycles. The molecule has 5 rings (SSSR count). The summed E-state index contributed by atoms with van der Waals surface area (Å²) in [6.45, 7) is 0.0503. The van der Waals surface area contributed by atoms with Crippen LogP contribution in [0.2, 0.25) is 0 Å². The molecule has 0 unspecified atom stereocenters. The van der Waals surface area contributed by atoms with Gasteiger partial charge in [0, 0.05) is 17.0 Å². The molecule has 4 nitrogen and oxygen atoms in total. The highest BCUT2D eigenvalue weighted by Gasteiger charge is 2.51. The molecule has 5 heteroatoms. The number of hydrogen-bond donors (Lipinski definition) is 2. The van der Waals surface area contributed by atoms with Crippen LogP contribution in [0.1, 0.15) is 44.9 Å². The van der Waals surface area contributed by atoms with Crippen molar-refractivity contribution in [3.05, 3.63) is 24.3 Å². The van der Waals surface area contributed by atoms with Crippen LogP contribution in [0.3, 0.4) is 0 Å². The molecule has 0 atom stereocenters. The van der Waals surface area contributed by atoms with Crippen molar-refractivity contribution in [3.8, 4) is 0 Å². The molecule has 2 amide bonds. The lowest BCUT2D eigenvalue weighted by atomic mass is 9.49. The zero-order chi connectivity index (χ0) is 18.1. The normalized spacial score (nSPS) is 31.7. The van der Waals surface area contributed by atoms with Crippen LogP contribution in [0.4, 0.5) is 5.69 Å². The van der Waals surface area contributed by atoms with Gasteiger partial charge in [0.2, 0.25) is 11.8 Å². The van der Waals surface area contributed by atoms with Gasteiger partial charge in [0.25, 0.3) is 0 Å². The number of nitrogens with one attached hydrogen (secondary N) is 2. The summed E-state index contributed by atoms with van der Waals surface area (Å²) in [5.41, 5.74) is 0.999. The number of thioether (sulfide) groups is 1. The van der Waals surface area contributed by atoms with Crippen LogP contribution >= 0.6 is 11.8 Å². The van der Waals surface area contributed by atoms with Gasteiger partial charge in [-0.1, -0.05) is 6.07 Å². The fourth-order valence-electron chi connectivity index (χ4n) is 5.99. The van der Waals surface area contributed by atoms with Gasteiger partial charge >= 0.3 is 0 Å². The molecule has 4 aliphatic rings. The Morgan fingerprint density at radius 3 is 2.35 bits per heavy atom. The first-order chi connectivity index (χ1) is 12.5. The van der Waals surface area contributed by atoms with E-state index in [4.69, 9.17) is 0 Å². The van der Waals surface area contributed by atoms with E-state index in [2.05, 4.69) is 10.6 Å². The molecule has 4 bridgehead atoms. The molecule has 0 radical (unpaired) electrons. The summed E-state index contributed by atoms with van der Waals surface area (Å²) < 4.78 is 0. The third-order valence-corrected chi connectivity index (χ3v) is 7.23. The summed E-state index contributed by atoms with van der Waals surface area (Å²) in [5, 5.41) is 5.71. The van der Waals surface area contributed by atoms with E-state index in [1.807, 2.05) is 30.5 Å². The SMILES string of the molecule is CSc1cccc(NC(=O)CNC(=O)CC23CC4CC(CC(C4)C2)C3)c1. The second-order valence-electron chi connectivity index (χ2n) is 8.65. The fraction of sp³-hybridized carbons (Fsp3) is 0.619. The minimum absolute atomic E-state index is 0.0416. The van der Waals surface area contributed by atoms with Crippen LogP contribution in [0.15, 0.2) is 29.2 Å². The fourth-order valence-corrected chi connectivity index (χ4v) is 6.45. The lowest BCUT2D eigenvalue weighted by Crippen LogP contribution is -2.48. The number of carbonyl (C=O) groups is 2. The number of amides is 2. The van der Waals surface area contributed by atoms with Crippen molar-refractivity contribution in [2.24, 2.45) is 23.2 Å². The lowest BCUT2D eigenvalue weighted by Gasteiger charge is -2.56. The van der Waals surface area contributed by atoms with Gasteiger partial charge in [0.05, 0.1) is 6.54 Å². The molecule has 0 aliphatic heterocycles. The number of hydrogen-bond acceptors (Lipinski definition) is 3. The molecule has 0 aromatic heterocycles. The van der Waals surface area contributed by atoms with Crippen LogP contribution in [-0.4, -0.2) is 24.6 Å². The van der Waals surface area contributed by atoms with E-state index >= 15 is 0 Å². The van der Waals surface area contributed by atoms with Gasteiger partial charge in [-0.25, -0.2) is 0 Å². The summed E-state index contributed by atoms with van der Waals surface area (Å²) >= 11 is 1.64. The molecule has 26 heavy (non-hydrogen) atoms. The number of benzene rings is 1. The number of rotatable bonds is 6. The standard InChI is InChI=1S/C21H28N2O2S/c1-26-18-4-2-3-17(8-18)23-20(25)13-22-19(24)12-21-9-14-5-15(10-21)7-16(6-14)11-21/h2-4,8,14-16H,5-7,9-13H2,1H3,(H,22,24)(H,23,25). The van der Waals surface area contributed by atoms with E-state index in [-0.39, 0.29) is 23.8 Å². The Hall–Kier alpha value is -1.49. The number of carbonyl (C=O) groups excluding carboxylic acids is 2. The summed E-state index contributed by atoms with van der Waals surface area (Å²) in [7, 11) is 0. The van der Waals surface area contributed by atoms with Crippen molar-refractivity contribution in [3.63, 3.8) is 0 Å². The Labute approximate surface area is 159 Å². The Balaban J connectivity index is 1.27. The quantitative estimate of drug-likeness (QED) is 0.740. The zero-order valence-electron chi connectivity index (χ0n) is 15.4. The third-order valence-electron chi connectivity index (χ3n) is 6.50. The van der Waals surface area contributed by atoms with Crippen molar-refractivity contribution in [1.29, 1.82) is 0 Å². The molecular weight excluding hydrogens is 344 g/mol. The van der Waals surface area contributed by atoms with Gasteiger partial charge in [-0.15, -0.1) is 11.8 Å². The zero-order valence-corrected chi connectivity index (χ0v) is 16.2. The average Bonchev–Trinajstić information content (AvgIpc) is 2.58. The highest BCUT2D eigenvalue weighted by molar-refractivity contribution is 7.98. The highest BCUT2D eigenvalue weighted by Crippen LogP contribution is 2.61. The maximum absolute atomic E-state index is 12.5. The van der Waals surface area contributed by atoms with Gasteiger partial charge in [-0.3, -0.25) is 9.59 Å².